The summed E-state index contributed by atoms with van der Waals surface area (Å²) in [5.41, 5.74) is 0.740. The number of aromatic nitrogens is 3. The van der Waals surface area contributed by atoms with Crippen LogP contribution in [0.5, 0.6) is 0 Å². The van der Waals surface area contributed by atoms with Gasteiger partial charge in [-0.3, -0.25) is 14.3 Å². The maximum atomic E-state index is 13.3. The van der Waals surface area contributed by atoms with Gasteiger partial charge in [-0.2, -0.15) is 10.4 Å². The van der Waals surface area contributed by atoms with E-state index in [2.05, 4.69) is 16.4 Å². The van der Waals surface area contributed by atoms with E-state index in [4.69, 9.17) is 19.3 Å². The second-order valence-corrected chi connectivity index (χ2v) is 12.7. The van der Waals surface area contributed by atoms with Gasteiger partial charge in [0.15, 0.2) is 11.9 Å². The number of aromatic amines is 1. The first-order chi connectivity index (χ1) is 20.5. The molecule has 1 amide bonds. The van der Waals surface area contributed by atoms with E-state index in [0.717, 1.165) is 12.0 Å². The Kier molecular flexibility index (Phi) is 7.26. The number of pyridine rings is 1. The second kappa shape index (κ2) is 10.8. The molecule has 2 unspecified atom stereocenters. The van der Waals surface area contributed by atoms with Crippen LogP contribution in [0.15, 0.2) is 35.3 Å². The van der Waals surface area contributed by atoms with E-state index in [1.165, 1.54) is 0 Å². The number of morpholine rings is 1. The van der Waals surface area contributed by atoms with E-state index in [-0.39, 0.29) is 36.6 Å². The molecule has 3 aromatic rings. The molecule has 3 aliphatic heterocycles. The maximum Gasteiger partial charge on any atom is 0.335 e. The Bertz CT molecular complexity index is 1670. The number of benzene rings is 1. The number of amides is 1. The maximum absolute atomic E-state index is 13.3. The summed E-state index contributed by atoms with van der Waals surface area (Å²) >= 11 is 0. The van der Waals surface area contributed by atoms with Gasteiger partial charge in [-0.05, 0) is 76.8 Å². The van der Waals surface area contributed by atoms with Crippen LogP contribution < -0.4 is 10.9 Å². The smallest absolute Gasteiger partial charge is 0.335 e. The number of hydrogen-bond donors (Lipinski definition) is 2. The molecule has 12 heteroatoms. The standard InChI is InChI=1S/C31H36N6O6/c1-18-13-19(5-6-22(18)28(39)36-15-21-14-20(36)16-41-21)34-26-25-23(8-12-33-27(25)38)37(35-26)31(10-11-32)9-7-24(42-17-31)29(40)43-30(2,3)4/h5-6,8,12-13,20-21,24H,7,9-10,14-17H2,1-4H3,(H,33,38)(H,34,35)/t20-,21-,24?,31?/m0/s1. The van der Waals surface area contributed by atoms with Gasteiger partial charge in [-0.1, -0.05) is 0 Å². The molecule has 3 aliphatic rings. The molecule has 4 atom stereocenters. The normalized spacial score (nSPS) is 25.1. The molecule has 0 saturated carbocycles. The lowest BCUT2D eigenvalue weighted by Gasteiger charge is -2.39. The number of anilines is 2. The molecule has 5 heterocycles. The van der Waals surface area contributed by atoms with Crippen molar-refractivity contribution in [2.75, 3.05) is 25.1 Å². The predicted molar refractivity (Wildman–Crippen MR) is 157 cm³/mol. The molecule has 2 N–H and O–H groups in total. The Hall–Kier alpha value is -4.21. The number of esters is 1. The molecular formula is C31H36N6O6. The van der Waals surface area contributed by atoms with E-state index < -0.39 is 23.2 Å². The van der Waals surface area contributed by atoms with Crippen molar-refractivity contribution in [2.45, 2.75) is 82.8 Å². The number of aryl methyl sites for hydroxylation is 1. The number of carbonyl (C=O) groups is 2. The monoisotopic (exact) mass is 588 g/mol. The SMILES string of the molecule is Cc1cc(Nc2nn(C3(CC#N)CCC(C(=O)OC(C)(C)C)OC3)c3cc[nH]c(=O)c23)ccc1C(=O)N1C[C@@H]2C[C@H]1CO2. The van der Waals surface area contributed by atoms with Crippen LogP contribution in [0.2, 0.25) is 0 Å². The minimum atomic E-state index is -0.899. The van der Waals surface area contributed by atoms with Crippen LogP contribution in [0.4, 0.5) is 11.5 Å². The van der Waals surface area contributed by atoms with Crippen molar-refractivity contribution in [1.82, 2.24) is 19.7 Å². The summed E-state index contributed by atoms with van der Waals surface area (Å²) < 4.78 is 18.8. The first kappa shape index (κ1) is 28.9. The van der Waals surface area contributed by atoms with Crippen LogP contribution in [0.25, 0.3) is 10.9 Å². The number of H-pyrrole nitrogens is 1. The van der Waals surface area contributed by atoms with E-state index in [1.54, 1.807) is 49.8 Å². The molecule has 2 bridgehead atoms. The van der Waals surface area contributed by atoms with Gasteiger partial charge in [0, 0.05) is 24.0 Å². The first-order valence-electron chi connectivity index (χ1n) is 14.6. The summed E-state index contributed by atoms with van der Waals surface area (Å²) in [5, 5.41) is 18.2. The molecule has 3 fully saturated rings. The van der Waals surface area contributed by atoms with Crippen LogP contribution in [-0.4, -0.2) is 75.2 Å². The molecule has 0 radical (unpaired) electrons. The van der Waals surface area contributed by atoms with Crippen molar-refractivity contribution in [1.29, 1.82) is 5.26 Å². The third-order valence-electron chi connectivity index (χ3n) is 8.44. The zero-order valence-corrected chi connectivity index (χ0v) is 24.8. The summed E-state index contributed by atoms with van der Waals surface area (Å²) in [5.74, 6) is -0.132. The highest BCUT2D eigenvalue weighted by Crippen LogP contribution is 2.38. The molecule has 0 aliphatic carbocycles. The third-order valence-corrected chi connectivity index (χ3v) is 8.44. The summed E-state index contributed by atoms with van der Waals surface area (Å²) in [6.45, 7) is 8.53. The van der Waals surface area contributed by atoms with Gasteiger partial charge in [-0.25, -0.2) is 4.79 Å². The summed E-state index contributed by atoms with van der Waals surface area (Å²) in [7, 11) is 0. The van der Waals surface area contributed by atoms with Gasteiger partial charge in [0.2, 0.25) is 0 Å². The van der Waals surface area contributed by atoms with Gasteiger partial charge in [-0.15, -0.1) is 0 Å². The molecule has 6 rings (SSSR count). The highest BCUT2D eigenvalue weighted by molar-refractivity contribution is 5.97. The van der Waals surface area contributed by atoms with Gasteiger partial charge in [0.25, 0.3) is 11.5 Å². The largest absolute Gasteiger partial charge is 0.458 e. The number of ether oxygens (including phenoxy) is 3. The molecule has 0 spiro atoms. The Morgan fingerprint density at radius 2 is 2.09 bits per heavy atom. The second-order valence-electron chi connectivity index (χ2n) is 12.7. The molecule has 43 heavy (non-hydrogen) atoms. The summed E-state index contributed by atoms with van der Waals surface area (Å²) in [4.78, 5) is 43.6. The van der Waals surface area contributed by atoms with Crippen LogP contribution in [0.3, 0.4) is 0 Å². The number of nitrogens with zero attached hydrogens (tertiary/aromatic N) is 4. The fraction of sp³-hybridized carbons (Fsp3) is 0.516. The molecule has 226 valence electrons. The number of likely N-dealkylation sites (tertiary alicyclic amines) is 1. The van der Waals surface area contributed by atoms with Gasteiger partial charge < -0.3 is 29.4 Å². The van der Waals surface area contributed by atoms with Crippen LogP contribution in [0, 0.1) is 18.3 Å². The highest BCUT2D eigenvalue weighted by Gasteiger charge is 2.44. The zero-order chi connectivity index (χ0) is 30.5. The fourth-order valence-electron chi connectivity index (χ4n) is 6.34. The number of nitrogens with one attached hydrogen (secondary N) is 2. The highest BCUT2D eigenvalue weighted by atomic mass is 16.6. The summed E-state index contributed by atoms with van der Waals surface area (Å²) in [6, 6.07) is 9.57. The van der Waals surface area contributed by atoms with Gasteiger partial charge in [0.1, 0.15) is 11.0 Å². The molecule has 1 aromatic carbocycles. The number of carbonyl (C=O) groups excluding carboxylic acids is 2. The number of hydrogen-bond acceptors (Lipinski definition) is 9. The predicted octanol–water partition coefficient (Wildman–Crippen LogP) is 3.52. The van der Waals surface area contributed by atoms with Crippen molar-refractivity contribution >= 4 is 34.3 Å². The average molecular weight is 589 g/mol. The van der Waals surface area contributed by atoms with Crippen LogP contribution in [0.1, 0.15) is 62.4 Å². The molecule has 3 saturated heterocycles. The van der Waals surface area contributed by atoms with Crippen molar-refractivity contribution in [2.24, 2.45) is 0 Å². The summed E-state index contributed by atoms with van der Waals surface area (Å²) in [6.07, 6.45) is 2.63. The number of nitriles is 1. The van der Waals surface area contributed by atoms with E-state index in [9.17, 15) is 19.6 Å². The van der Waals surface area contributed by atoms with Crippen molar-refractivity contribution in [3.63, 3.8) is 0 Å². The van der Waals surface area contributed by atoms with Crippen molar-refractivity contribution in [3.05, 3.63) is 51.9 Å². The topological polar surface area (TPSA) is 152 Å². The molecule has 12 nitrogen and oxygen atoms in total. The van der Waals surface area contributed by atoms with Crippen molar-refractivity contribution in [3.8, 4) is 6.07 Å². The average Bonchev–Trinajstić information content (AvgIpc) is 3.68. The molecule has 2 aromatic heterocycles. The van der Waals surface area contributed by atoms with Crippen LogP contribution >= 0.6 is 0 Å². The van der Waals surface area contributed by atoms with E-state index in [0.29, 0.717) is 54.0 Å². The Balaban J connectivity index is 1.28. The first-order valence-corrected chi connectivity index (χ1v) is 14.6. The fourth-order valence-corrected chi connectivity index (χ4v) is 6.34. The third kappa shape index (κ3) is 5.39. The quantitative estimate of drug-likeness (QED) is 0.412. The lowest BCUT2D eigenvalue weighted by Crippen LogP contribution is -2.47. The minimum absolute atomic E-state index is 0.00791. The van der Waals surface area contributed by atoms with Crippen LogP contribution in [-0.2, 0) is 24.5 Å². The minimum Gasteiger partial charge on any atom is -0.458 e. The lowest BCUT2D eigenvalue weighted by molar-refractivity contribution is -0.176. The van der Waals surface area contributed by atoms with E-state index >= 15 is 0 Å². The Morgan fingerprint density at radius 3 is 2.72 bits per heavy atom. The lowest BCUT2D eigenvalue weighted by atomic mass is 9.87. The van der Waals surface area contributed by atoms with Gasteiger partial charge in [0.05, 0.1) is 48.9 Å². The Morgan fingerprint density at radius 1 is 1.28 bits per heavy atom. The van der Waals surface area contributed by atoms with E-state index in [1.807, 2.05) is 17.9 Å². The molecular weight excluding hydrogens is 552 g/mol. The van der Waals surface area contributed by atoms with Crippen molar-refractivity contribution < 1.29 is 23.8 Å². The number of rotatable bonds is 6. The van der Waals surface area contributed by atoms with Gasteiger partial charge >= 0.3 is 5.97 Å². The zero-order valence-electron chi connectivity index (χ0n) is 24.8. The Labute approximate surface area is 248 Å². The number of fused-ring (bicyclic) bond motifs is 3.